The van der Waals surface area contributed by atoms with Crippen LogP contribution in [0.4, 0.5) is 0 Å². The van der Waals surface area contributed by atoms with Crippen LogP contribution in [0, 0.1) is 0 Å². The zero-order chi connectivity index (χ0) is 7.56. The fourth-order valence-electron chi connectivity index (χ4n) is 0.406. The fourth-order valence-corrected chi connectivity index (χ4v) is 0.406. The predicted octanol–water partition coefficient (Wildman–Crippen LogP) is -0.469. The van der Waals surface area contributed by atoms with Gasteiger partial charge in [-0.1, -0.05) is 5.16 Å². The highest BCUT2D eigenvalue weighted by atomic mass is 16.5. The molecule has 1 N–H and O–H groups in total. The van der Waals surface area contributed by atoms with E-state index in [-0.39, 0.29) is 5.89 Å². The minimum Gasteiger partial charge on any atom is -0.329 e. The highest BCUT2D eigenvalue weighted by Gasteiger charge is 2.14. The number of hydrogen-bond acceptors (Lipinski definition) is 5. The third-order valence-corrected chi connectivity index (χ3v) is 0.838. The molecule has 1 amide bonds. The summed E-state index contributed by atoms with van der Waals surface area (Å²) in [6.45, 7) is 0. The van der Waals surface area contributed by atoms with Crippen LogP contribution in [0.15, 0.2) is 10.9 Å². The second-order valence-corrected chi connectivity index (χ2v) is 1.58. The van der Waals surface area contributed by atoms with Gasteiger partial charge in [0.25, 0.3) is 0 Å². The lowest BCUT2D eigenvalue weighted by Crippen LogP contribution is -2.22. The van der Waals surface area contributed by atoms with Gasteiger partial charge in [-0.2, -0.15) is 4.98 Å². The molecule has 0 aliphatic carbocycles. The molecule has 0 aliphatic rings. The van der Waals surface area contributed by atoms with Gasteiger partial charge in [-0.3, -0.25) is 10.0 Å². The lowest BCUT2D eigenvalue weighted by atomic mass is 10.6. The first-order chi connectivity index (χ1) is 4.72. The molecule has 1 heterocycles. The molecular weight excluding hydrogens is 138 g/mol. The third kappa shape index (κ3) is 1.11. The third-order valence-electron chi connectivity index (χ3n) is 0.838. The van der Waals surface area contributed by atoms with Crippen molar-refractivity contribution >= 4 is 5.91 Å². The van der Waals surface area contributed by atoms with Gasteiger partial charge >= 0.3 is 11.8 Å². The summed E-state index contributed by atoms with van der Waals surface area (Å²) in [6, 6.07) is 0. The molecule has 0 atom stereocenters. The minimum atomic E-state index is -0.725. The molecule has 0 aliphatic heterocycles. The number of rotatable bonds is 1. The molecule has 0 unspecified atom stereocenters. The lowest BCUT2D eigenvalue weighted by Gasteiger charge is -2.01. The molecule has 0 spiro atoms. The molecule has 1 aromatic heterocycles. The topological polar surface area (TPSA) is 79.5 Å². The maximum atomic E-state index is 10.7. The van der Waals surface area contributed by atoms with Crippen LogP contribution in [0.1, 0.15) is 10.7 Å². The Hall–Kier alpha value is -1.43. The van der Waals surface area contributed by atoms with E-state index in [0.29, 0.717) is 5.06 Å². The van der Waals surface area contributed by atoms with Crippen molar-refractivity contribution in [3.63, 3.8) is 0 Å². The Kier molecular flexibility index (Phi) is 1.63. The number of hydrogen-bond donors (Lipinski definition) is 1. The van der Waals surface area contributed by atoms with Crippen LogP contribution in [0.2, 0.25) is 0 Å². The SMILES string of the molecule is CN(O)C(=O)c1ncno1. The van der Waals surface area contributed by atoms with E-state index in [0.717, 1.165) is 6.33 Å². The summed E-state index contributed by atoms with van der Waals surface area (Å²) in [6.07, 6.45) is 1.08. The number of carbonyl (C=O) groups is 1. The van der Waals surface area contributed by atoms with E-state index in [4.69, 9.17) is 5.21 Å². The van der Waals surface area contributed by atoms with E-state index in [1.807, 2.05) is 0 Å². The molecule has 6 nitrogen and oxygen atoms in total. The van der Waals surface area contributed by atoms with Crippen molar-refractivity contribution in [3.05, 3.63) is 12.2 Å². The zero-order valence-electron chi connectivity index (χ0n) is 5.18. The van der Waals surface area contributed by atoms with Gasteiger partial charge in [-0.05, 0) is 0 Å². The van der Waals surface area contributed by atoms with Crippen molar-refractivity contribution in [1.82, 2.24) is 15.2 Å². The van der Waals surface area contributed by atoms with Crippen molar-refractivity contribution in [3.8, 4) is 0 Å². The molecule has 0 fully saturated rings. The normalized spacial score (nSPS) is 9.40. The van der Waals surface area contributed by atoms with Crippen LogP contribution < -0.4 is 0 Å². The number of amides is 1. The number of hydroxylamine groups is 2. The lowest BCUT2D eigenvalue weighted by molar-refractivity contribution is -0.0407. The minimum absolute atomic E-state index is 0.231. The summed E-state index contributed by atoms with van der Waals surface area (Å²) in [5.41, 5.74) is 0. The smallest absolute Gasteiger partial charge is 0.329 e. The zero-order valence-corrected chi connectivity index (χ0v) is 5.18. The van der Waals surface area contributed by atoms with Crippen LogP contribution in [0.25, 0.3) is 0 Å². The van der Waals surface area contributed by atoms with Gasteiger partial charge in [0.1, 0.15) is 0 Å². The highest BCUT2D eigenvalue weighted by Crippen LogP contribution is 1.93. The van der Waals surface area contributed by atoms with Gasteiger partial charge in [0.05, 0.1) is 0 Å². The highest BCUT2D eigenvalue weighted by molar-refractivity contribution is 5.88. The first-order valence-corrected chi connectivity index (χ1v) is 2.45. The van der Waals surface area contributed by atoms with Gasteiger partial charge in [-0.25, -0.2) is 5.06 Å². The summed E-state index contributed by atoms with van der Waals surface area (Å²) in [4.78, 5) is 14.1. The van der Waals surface area contributed by atoms with Crippen molar-refractivity contribution in [1.29, 1.82) is 0 Å². The maximum absolute atomic E-state index is 10.7. The second kappa shape index (κ2) is 2.44. The van der Waals surface area contributed by atoms with Gasteiger partial charge in [0, 0.05) is 7.05 Å². The first-order valence-electron chi connectivity index (χ1n) is 2.45. The van der Waals surface area contributed by atoms with E-state index < -0.39 is 5.91 Å². The molecule has 0 aromatic carbocycles. The van der Waals surface area contributed by atoms with Gasteiger partial charge in [0.2, 0.25) is 0 Å². The number of aromatic nitrogens is 2. The van der Waals surface area contributed by atoms with Gasteiger partial charge < -0.3 is 4.52 Å². The first kappa shape index (κ1) is 6.69. The quantitative estimate of drug-likeness (QED) is 0.424. The summed E-state index contributed by atoms with van der Waals surface area (Å²) >= 11 is 0. The average Bonchev–Trinajstić information content (AvgIpc) is 2.36. The largest absolute Gasteiger partial charge is 0.335 e. The Morgan fingerprint density at radius 3 is 3.00 bits per heavy atom. The Morgan fingerprint density at radius 2 is 2.60 bits per heavy atom. The van der Waals surface area contributed by atoms with E-state index in [9.17, 15) is 4.79 Å². The van der Waals surface area contributed by atoms with Gasteiger partial charge in [-0.15, -0.1) is 0 Å². The Labute approximate surface area is 56.0 Å². The molecule has 1 rings (SSSR count). The monoisotopic (exact) mass is 143 g/mol. The van der Waals surface area contributed by atoms with Crippen molar-refractivity contribution < 1.29 is 14.5 Å². The molecular formula is C4H5N3O3. The van der Waals surface area contributed by atoms with E-state index in [1.54, 1.807) is 0 Å². The van der Waals surface area contributed by atoms with Gasteiger partial charge in [0.15, 0.2) is 6.33 Å². The Balaban J connectivity index is 2.78. The second-order valence-electron chi connectivity index (χ2n) is 1.58. The summed E-state index contributed by atoms with van der Waals surface area (Å²) in [5.74, 6) is -0.956. The molecule has 0 saturated carbocycles. The molecule has 1 aromatic rings. The van der Waals surface area contributed by atoms with Crippen molar-refractivity contribution in [2.45, 2.75) is 0 Å². The maximum Gasteiger partial charge on any atom is 0.335 e. The summed E-state index contributed by atoms with van der Waals surface area (Å²) < 4.78 is 4.34. The predicted molar refractivity (Wildman–Crippen MR) is 28.2 cm³/mol. The van der Waals surface area contributed by atoms with Crippen LogP contribution in [0.3, 0.4) is 0 Å². The molecule has 0 saturated heterocycles. The van der Waals surface area contributed by atoms with Crippen LogP contribution >= 0.6 is 0 Å². The Bertz CT molecular complexity index is 218. The van der Waals surface area contributed by atoms with Crippen LogP contribution in [0.5, 0.6) is 0 Å². The molecule has 54 valence electrons. The summed E-state index contributed by atoms with van der Waals surface area (Å²) in [5, 5.41) is 12.1. The van der Waals surface area contributed by atoms with Crippen LogP contribution in [-0.2, 0) is 0 Å². The van der Waals surface area contributed by atoms with E-state index >= 15 is 0 Å². The number of nitrogens with zero attached hydrogens (tertiary/aromatic N) is 3. The fraction of sp³-hybridized carbons (Fsp3) is 0.250. The average molecular weight is 143 g/mol. The molecule has 0 radical (unpaired) electrons. The van der Waals surface area contributed by atoms with E-state index in [1.165, 1.54) is 7.05 Å². The number of carbonyl (C=O) groups excluding carboxylic acids is 1. The molecule has 6 heteroatoms. The molecule has 10 heavy (non-hydrogen) atoms. The molecule has 0 bridgehead atoms. The van der Waals surface area contributed by atoms with Crippen molar-refractivity contribution in [2.75, 3.05) is 7.05 Å². The standard InChI is InChI=1S/C4H5N3O3/c1-7(9)4(8)3-5-2-6-10-3/h2,9H,1H3. The van der Waals surface area contributed by atoms with Crippen LogP contribution in [-0.4, -0.2) is 33.4 Å². The van der Waals surface area contributed by atoms with E-state index in [2.05, 4.69) is 14.7 Å². The summed E-state index contributed by atoms with van der Waals surface area (Å²) in [7, 11) is 1.17. The Morgan fingerprint density at radius 1 is 1.90 bits per heavy atom. The van der Waals surface area contributed by atoms with Crippen molar-refractivity contribution in [2.24, 2.45) is 0 Å².